The average Bonchev–Trinajstić information content (AvgIpc) is 2.97. The summed E-state index contributed by atoms with van der Waals surface area (Å²) < 4.78 is 27.1. The number of aliphatic hydroxyl groups is 1. The molecule has 0 radical (unpaired) electrons. The van der Waals surface area contributed by atoms with Crippen LogP contribution in [-0.4, -0.2) is 36.5 Å². The molecule has 1 fully saturated rings. The Morgan fingerprint density at radius 3 is 2.30 bits per heavy atom. The van der Waals surface area contributed by atoms with E-state index < -0.39 is 32.9 Å². The topological polar surface area (TPSA) is 139 Å². The summed E-state index contributed by atoms with van der Waals surface area (Å²) in [6, 6.07) is 12.1. The van der Waals surface area contributed by atoms with Crippen LogP contribution in [0.4, 0.5) is 11.4 Å². The smallest absolute Gasteiger partial charge is 0.269 e. The number of nitro benzene ring substituents is 1. The molecule has 0 aromatic heterocycles. The van der Waals surface area contributed by atoms with Crippen LogP contribution >= 0.6 is 0 Å². The van der Waals surface area contributed by atoms with Crippen LogP contribution < -0.4 is 10.0 Å². The molecular weight excluding hydrogens is 446 g/mol. The highest BCUT2D eigenvalue weighted by atomic mass is 32.2. The summed E-state index contributed by atoms with van der Waals surface area (Å²) in [5.74, 6) is -1.20. The number of carbonyl (C=O) groups is 1. The summed E-state index contributed by atoms with van der Waals surface area (Å²) in [6.07, 6.45) is 3.06. The number of amides is 1. The number of rotatable bonds is 8. The van der Waals surface area contributed by atoms with Crippen molar-refractivity contribution in [1.82, 2.24) is 4.72 Å². The van der Waals surface area contributed by atoms with Crippen LogP contribution in [0.1, 0.15) is 44.6 Å². The zero-order chi connectivity index (χ0) is 24.0. The van der Waals surface area contributed by atoms with Crippen LogP contribution in [0, 0.1) is 16.0 Å². The van der Waals surface area contributed by atoms with Crippen molar-refractivity contribution in [3.8, 4) is 0 Å². The third kappa shape index (κ3) is 6.52. The molecular formula is C23H29N3O6S. The lowest BCUT2D eigenvalue weighted by Gasteiger charge is -2.23. The Balaban J connectivity index is 1.60. The molecule has 0 heterocycles. The minimum Gasteiger partial charge on any atom is -0.391 e. The molecule has 0 bridgehead atoms. The quantitative estimate of drug-likeness (QED) is 0.302. The monoisotopic (exact) mass is 475 g/mol. The van der Waals surface area contributed by atoms with E-state index in [1.165, 1.54) is 5.56 Å². The van der Waals surface area contributed by atoms with Crippen LogP contribution in [-0.2, 0) is 21.2 Å². The highest BCUT2D eigenvalue weighted by Crippen LogP contribution is 2.27. The van der Waals surface area contributed by atoms with Gasteiger partial charge in [0.25, 0.3) is 15.7 Å². The molecule has 1 saturated carbocycles. The highest BCUT2D eigenvalue weighted by molar-refractivity contribution is 7.90. The Bertz CT molecular complexity index is 1070. The maximum absolute atomic E-state index is 12.7. The lowest BCUT2D eigenvalue weighted by atomic mass is 10.00. The van der Waals surface area contributed by atoms with Gasteiger partial charge in [0.2, 0.25) is 5.91 Å². The molecule has 9 nitrogen and oxygen atoms in total. The van der Waals surface area contributed by atoms with Crippen molar-refractivity contribution in [3.63, 3.8) is 0 Å². The Kier molecular flexibility index (Phi) is 8.04. The van der Waals surface area contributed by atoms with Crippen molar-refractivity contribution in [2.24, 2.45) is 5.92 Å². The van der Waals surface area contributed by atoms with Crippen molar-refractivity contribution < 1.29 is 23.2 Å². The molecule has 0 aliphatic heterocycles. The van der Waals surface area contributed by atoms with E-state index in [0.29, 0.717) is 25.7 Å². The molecule has 2 aromatic carbocycles. The number of anilines is 1. The Morgan fingerprint density at radius 1 is 1.06 bits per heavy atom. The van der Waals surface area contributed by atoms with Gasteiger partial charge in [0.15, 0.2) is 0 Å². The summed E-state index contributed by atoms with van der Waals surface area (Å²) >= 11 is 0. The average molecular weight is 476 g/mol. The largest absolute Gasteiger partial charge is 0.391 e. The number of sulfonamides is 1. The number of aryl methyl sites for hydroxylation is 1. The molecule has 3 rings (SSSR count). The highest BCUT2D eigenvalue weighted by Gasteiger charge is 2.31. The van der Waals surface area contributed by atoms with Gasteiger partial charge in [-0.3, -0.25) is 14.9 Å². The van der Waals surface area contributed by atoms with Crippen molar-refractivity contribution in [1.29, 1.82) is 0 Å². The molecule has 1 aliphatic rings. The number of nitrogens with one attached hydrogen (secondary N) is 2. The molecule has 178 valence electrons. The number of carbonyl (C=O) groups excluding carboxylic acids is 1. The first kappa shape index (κ1) is 24.7. The summed E-state index contributed by atoms with van der Waals surface area (Å²) in [5, 5.41) is 24.6. The summed E-state index contributed by atoms with van der Waals surface area (Å²) in [6.45, 7) is 2.12. The second-order valence-electron chi connectivity index (χ2n) is 8.34. The van der Waals surface area contributed by atoms with Crippen molar-refractivity contribution in [2.45, 2.75) is 62.5 Å². The third-order valence-corrected chi connectivity index (χ3v) is 7.27. The van der Waals surface area contributed by atoms with E-state index in [0.717, 1.165) is 42.8 Å². The number of aliphatic hydroxyl groups excluding tert-OH is 1. The van der Waals surface area contributed by atoms with Gasteiger partial charge >= 0.3 is 0 Å². The van der Waals surface area contributed by atoms with Gasteiger partial charge in [-0.1, -0.05) is 25.5 Å². The van der Waals surface area contributed by atoms with Crippen molar-refractivity contribution in [3.05, 3.63) is 64.2 Å². The lowest BCUT2D eigenvalue weighted by Crippen LogP contribution is -2.35. The Hall–Kier alpha value is -2.98. The van der Waals surface area contributed by atoms with Gasteiger partial charge in [-0.25, -0.2) is 13.1 Å². The molecule has 2 aromatic rings. The fraction of sp³-hybridized carbons (Fsp3) is 0.435. The number of hydrogen-bond acceptors (Lipinski definition) is 7. The summed E-state index contributed by atoms with van der Waals surface area (Å²) in [5.41, 5.74) is 1.90. The summed E-state index contributed by atoms with van der Waals surface area (Å²) in [4.78, 5) is 22.6. The number of non-ortho nitro benzene ring substituents is 1. The molecule has 0 unspecified atom stereocenters. The standard InChI is InChI=1S/C23H29N3O6S/c1-2-3-16-4-8-18(9-5-16)24-21-14-6-17(7-15-22(21)27)23(28)25-33(31,32)20-12-10-19(11-13-20)26(29)30/h4-5,8-13,17,21-22,24,27H,2-3,6-7,14-15H2,1H3,(H,25,28)/t17-,21+,22+/m1/s1. The number of benzene rings is 2. The maximum atomic E-state index is 12.7. The molecule has 33 heavy (non-hydrogen) atoms. The fourth-order valence-electron chi connectivity index (χ4n) is 4.01. The van der Waals surface area contributed by atoms with Crippen molar-refractivity contribution in [2.75, 3.05) is 5.32 Å². The van der Waals surface area contributed by atoms with Crippen LogP contribution in [0.3, 0.4) is 0 Å². The number of nitro groups is 1. The molecule has 0 saturated heterocycles. The third-order valence-electron chi connectivity index (χ3n) is 5.91. The van der Waals surface area contributed by atoms with E-state index in [2.05, 4.69) is 17.0 Å². The first-order valence-corrected chi connectivity index (χ1v) is 12.5. The van der Waals surface area contributed by atoms with Gasteiger partial charge < -0.3 is 10.4 Å². The zero-order valence-electron chi connectivity index (χ0n) is 18.4. The molecule has 1 aliphatic carbocycles. The predicted molar refractivity (Wildman–Crippen MR) is 124 cm³/mol. The van der Waals surface area contributed by atoms with Gasteiger partial charge in [-0.2, -0.15) is 0 Å². The predicted octanol–water partition coefficient (Wildman–Crippen LogP) is 3.38. The van der Waals surface area contributed by atoms with E-state index in [9.17, 15) is 28.4 Å². The molecule has 3 atom stereocenters. The minimum absolute atomic E-state index is 0.221. The lowest BCUT2D eigenvalue weighted by molar-refractivity contribution is -0.384. The first-order chi connectivity index (χ1) is 15.7. The van der Waals surface area contributed by atoms with Gasteiger partial charge in [-0.15, -0.1) is 0 Å². The number of hydrogen-bond donors (Lipinski definition) is 3. The van der Waals surface area contributed by atoms with E-state index in [4.69, 9.17) is 0 Å². The van der Waals surface area contributed by atoms with Crippen LogP contribution in [0.2, 0.25) is 0 Å². The van der Waals surface area contributed by atoms with Gasteiger partial charge in [-0.05, 0) is 61.9 Å². The van der Waals surface area contributed by atoms with E-state index in [-0.39, 0.29) is 16.6 Å². The van der Waals surface area contributed by atoms with Gasteiger partial charge in [0.05, 0.1) is 22.0 Å². The second-order valence-corrected chi connectivity index (χ2v) is 10.0. The number of nitrogens with zero attached hydrogens (tertiary/aromatic N) is 1. The normalized spacial score (nSPS) is 21.1. The van der Waals surface area contributed by atoms with Crippen LogP contribution in [0.25, 0.3) is 0 Å². The van der Waals surface area contributed by atoms with Crippen LogP contribution in [0.5, 0.6) is 0 Å². The maximum Gasteiger partial charge on any atom is 0.269 e. The van der Waals surface area contributed by atoms with E-state index in [1.807, 2.05) is 24.3 Å². The minimum atomic E-state index is -4.15. The van der Waals surface area contributed by atoms with E-state index >= 15 is 0 Å². The van der Waals surface area contributed by atoms with E-state index in [1.54, 1.807) is 0 Å². The molecule has 1 amide bonds. The van der Waals surface area contributed by atoms with Crippen LogP contribution in [0.15, 0.2) is 53.4 Å². The first-order valence-electron chi connectivity index (χ1n) is 11.0. The zero-order valence-corrected chi connectivity index (χ0v) is 19.3. The SMILES string of the molecule is CCCc1ccc(N[C@H]2CC[C@@H](C(=O)NS(=O)(=O)c3ccc([N+](=O)[O-])cc3)CC[C@@H]2O)cc1. The second kappa shape index (κ2) is 10.8. The molecule has 0 spiro atoms. The molecule has 10 heteroatoms. The summed E-state index contributed by atoms with van der Waals surface area (Å²) in [7, 11) is -4.15. The Labute approximate surface area is 193 Å². The molecule has 3 N–H and O–H groups in total. The Morgan fingerprint density at radius 2 is 1.70 bits per heavy atom. The fourth-order valence-corrected chi connectivity index (χ4v) is 5.06. The van der Waals surface area contributed by atoms with Crippen molar-refractivity contribution >= 4 is 27.3 Å². The van der Waals surface area contributed by atoms with Gasteiger partial charge in [0.1, 0.15) is 0 Å². The van der Waals surface area contributed by atoms with Gasteiger partial charge in [0, 0.05) is 23.7 Å².